The number of hydrogen-bond donors (Lipinski definition) is 1. The lowest BCUT2D eigenvalue weighted by Crippen LogP contribution is -1.61. The third kappa shape index (κ3) is 6.23. The first-order valence-electron chi connectivity index (χ1n) is 1.66. The molecule has 0 aromatic carbocycles. The Balaban J connectivity index is 3.61. The lowest BCUT2D eigenvalue weighted by molar-refractivity contribution is -0.250. The van der Waals surface area contributed by atoms with Crippen LogP contribution in [-0.2, 0) is 4.99 Å². The minimum absolute atomic E-state index is 1.88. The van der Waals surface area contributed by atoms with E-state index < -0.39 is 0 Å². The van der Waals surface area contributed by atoms with Gasteiger partial charge in [-0.2, -0.15) is 5.26 Å². The van der Waals surface area contributed by atoms with E-state index in [9.17, 15) is 0 Å². The lowest BCUT2D eigenvalue weighted by atomic mass is 11.1. The summed E-state index contributed by atoms with van der Waals surface area (Å²) in [6.45, 7) is 0. The van der Waals surface area contributed by atoms with Gasteiger partial charge in [-0.3, -0.25) is 0 Å². The first kappa shape index (κ1) is 7.23. The van der Waals surface area contributed by atoms with Crippen LogP contribution in [0.25, 0.3) is 10.4 Å². The van der Waals surface area contributed by atoms with Crippen molar-refractivity contribution < 1.29 is 10.2 Å². The smallest absolute Gasteiger partial charge is 0.0748 e. The van der Waals surface area contributed by atoms with E-state index in [1.807, 2.05) is 12.1 Å². The molecule has 0 aliphatic rings. The number of azide groups is 1. The highest BCUT2D eigenvalue weighted by atomic mass is 17.2. The average molecular weight is 127 g/mol. The van der Waals surface area contributed by atoms with Gasteiger partial charge in [0.15, 0.2) is 0 Å². The Labute approximate surface area is 49.5 Å². The summed E-state index contributed by atoms with van der Waals surface area (Å²) in [5, 5.41) is 15.7. The van der Waals surface area contributed by atoms with Gasteiger partial charge in [0.2, 0.25) is 0 Å². The third-order valence-corrected chi connectivity index (χ3v) is 0.272. The molecule has 0 aliphatic carbocycles. The van der Waals surface area contributed by atoms with Crippen molar-refractivity contribution in [2.45, 2.75) is 0 Å². The third-order valence-electron chi connectivity index (χ3n) is 0.272. The lowest BCUT2D eigenvalue weighted by Gasteiger charge is -1.69. The monoisotopic (exact) mass is 127 g/mol. The molecule has 0 rings (SSSR count). The van der Waals surface area contributed by atoms with Crippen molar-refractivity contribution in [2.75, 3.05) is 0 Å². The van der Waals surface area contributed by atoms with Crippen molar-refractivity contribution in [1.82, 2.24) is 0 Å². The Morgan fingerprint density at radius 3 is 2.89 bits per heavy atom. The van der Waals surface area contributed by atoms with Crippen LogP contribution in [0.4, 0.5) is 0 Å². The second-order valence-corrected chi connectivity index (χ2v) is 0.676. The van der Waals surface area contributed by atoms with E-state index in [1.54, 1.807) is 0 Å². The van der Waals surface area contributed by atoms with E-state index in [0.29, 0.717) is 0 Å². The molecule has 0 spiro atoms. The van der Waals surface area contributed by atoms with Crippen molar-refractivity contribution in [3.8, 4) is 12.1 Å². The predicted octanol–water partition coefficient (Wildman–Crippen LogP) is 1.07. The second kappa shape index (κ2) is 6.23. The van der Waals surface area contributed by atoms with E-state index in [-0.39, 0.29) is 0 Å². The summed E-state index contributed by atoms with van der Waals surface area (Å²) in [6, 6.07) is 3.77. The molecule has 0 radical (unpaired) electrons. The summed E-state index contributed by atoms with van der Waals surface area (Å²) in [7, 11) is 0. The van der Waals surface area contributed by atoms with E-state index >= 15 is 0 Å². The summed E-state index contributed by atoms with van der Waals surface area (Å²) >= 11 is 0. The topological polar surface area (TPSA) is 103 Å². The zero-order valence-corrected chi connectivity index (χ0v) is 4.09. The van der Waals surface area contributed by atoms with Gasteiger partial charge in [-0.25, -0.2) is 4.99 Å². The molecule has 0 aromatic rings. The molecule has 0 saturated heterocycles. The minimum Gasteiger partial charge on any atom is -0.202 e. The van der Waals surface area contributed by atoms with Gasteiger partial charge in [-0.05, 0) is 10.6 Å². The Bertz CT molecular complexity index is 193. The van der Waals surface area contributed by atoms with Crippen molar-refractivity contribution in [3.05, 3.63) is 10.4 Å². The number of hydrogen-bond acceptors (Lipinski definition) is 5. The maximum absolute atomic E-state index is 7.63. The van der Waals surface area contributed by atoms with Gasteiger partial charge in [0, 0.05) is 11.0 Å². The molecule has 9 heavy (non-hydrogen) atoms. The summed E-state index contributed by atoms with van der Waals surface area (Å²) in [5.74, 6) is 0. The molecule has 0 aliphatic heterocycles. The SMILES string of the molecule is [N-]=[N+]=NC#CN=NOO. The van der Waals surface area contributed by atoms with Crippen LogP contribution in [0.1, 0.15) is 0 Å². The highest BCUT2D eigenvalue weighted by Crippen LogP contribution is 1.70. The fourth-order valence-corrected chi connectivity index (χ4v) is 0.106. The summed E-state index contributed by atoms with van der Waals surface area (Å²) in [6.07, 6.45) is 0. The van der Waals surface area contributed by atoms with Crippen molar-refractivity contribution in [3.63, 3.8) is 0 Å². The molecule has 0 saturated carbocycles. The Hall–Kier alpha value is -1.77. The van der Waals surface area contributed by atoms with Gasteiger partial charge < -0.3 is 0 Å². The molecule has 0 heterocycles. The zero-order valence-electron chi connectivity index (χ0n) is 4.09. The molecule has 7 heteroatoms. The van der Waals surface area contributed by atoms with E-state index in [0.717, 1.165) is 0 Å². The summed E-state index contributed by atoms with van der Waals surface area (Å²) in [5.41, 5.74) is 7.63. The molecule has 0 fully saturated rings. The zero-order chi connectivity index (χ0) is 6.95. The largest absolute Gasteiger partial charge is 0.202 e. The van der Waals surface area contributed by atoms with Gasteiger partial charge in [0.25, 0.3) is 0 Å². The van der Waals surface area contributed by atoms with Crippen LogP contribution in [-0.4, -0.2) is 5.26 Å². The standard InChI is InChI=1S/C2HN5O2/c3-6-4-1-2-5-7-9-8/h8H. The van der Waals surface area contributed by atoms with Crippen molar-refractivity contribution in [1.29, 1.82) is 0 Å². The van der Waals surface area contributed by atoms with Crippen LogP contribution >= 0.6 is 0 Å². The van der Waals surface area contributed by atoms with Gasteiger partial charge in [-0.1, -0.05) is 5.11 Å². The van der Waals surface area contributed by atoms with Crippen LogP contribution < -0.4 is 0 Å². The van der Waals surface area contributed by atoms with E-state index in [1.165, 1.54) is 0 Å². The Kier molecular flexibility index (Phi) is 5.00. The summed E-state index contributed by atoms with van der Waals surface area (Å²) < 4.78 is 0. The van der Waals surface area contributed by atoms with Crippen LogP contribution in [0.3, 0.4) is 0 Å². The molecular formula is C2HN5O2. The predicted molar refractivity (Wildman–Crippen MR) is 25.5 cm³/mol. The van der Waals surface area contributed by atoms with Crippen LogP contribution in [0.5, 0.6) is 0 Å². The molecule has 7 nitrogen and oxygen atoms in total. The van der Waals surface area contributed by atoms with Crippen molar-refractivity contribution >= 4 is 0 Å². The van der Waals surface area contributed by atoms with Gasteiger partial charge in [0.1, 0.15) is 0 Å². The molecule has 0 amide bonds. The molecule has 0 unspecified atom stereocenters. The molecule has 0 aromatic heterocycles. The fourth-order valence-electron chi connectivity index (χ4n) is 0.106. The van der Waals surface area contributed by atoms with Gasteiger partial charge >= 0.3 is 0 Å². The highest BCUT2D eigenvalue weighted by Gasteiger charge is 1.60. The molecule has 1 N–H and O–H groups in total. The van der Waals surface area contributed by atoms with Crippen molar-refractivity contribution in [2.24, 2.45) is 15.5 Å². The normalized spacial score (nSPS) is 7.22. The maximum atomic E-state index is 7.63. The van der Waals surface area contributed by atoms with E-state index in [4.69, 9.17) is 10.8 Å². The second-order valence-electron chi connectivity index (χ2n) is 0.676. The molecule has 46 valence electrons. The number of nitrogens with zero attached hydrogens (tertiary/aromatic N) is 5. The Morgan fingerprint density at radius 1 is 1.56 bits per heavy atom. The molecular weight excluding hydrogens is 126 g/mol. The van der Waals surface area contributed by atoms with Crippen LogP contribution in [0, 0.1) is 12.1 Å². The first-order valence-corrected chi connectivity index (χ1v) is 1.66. The average Bonchev–Trinajstić information content (AvgIpc) is 1.89. The van der Waals surface area contributed by atoms with Gasteiger partial charge in [-0.15, -0.1) is 0 Å². The van der Waals surface area contributed by atoms with Crippen LogP contribution in [0.2, 0.25) is 0 Å². The highest BCUT2D eigenvalue weighted by molar-refractivity contribution is 4.93. The minimum atomic E-state index is 1.88. The fraction of sp³-hybridized carbons (Fsp3) is 0. The summed E-state index contributed by atoms with van der Waals surface area (Å²) in [4.78, 5) is 5.42. The first-order chi connectivity index (χ1) is 4.41. The van der Waals surface area contributed by atoms with E-state index in [2.05, 4.69) is 25.4 Å². The maximum Gasteiger partial charge on any atom is 0.0748 e. The molecule has 0 atom stereocenters. The van der Waals surface area contributed by atoms with Gasteiger partial charge in [0.05, 0.1) is 11.3 Å². The molecule has 0 bridgehead atoms. The van der Waals surface area contributed by atoms with Crippen LogP contribution in [0.15, 0.2) is 15.5 Å². The Morgan fingerprint density at radius 2 is 2.33 bits per heavy atom. The number of rotatable bonds is 1. The quantitative estimate of drug-likeness (QED) is 0.142.